The molecule has 0 atom stereocenters. The number of nitrogens with two attached hydrogens (primary N) is 1. The third-order valence-electron chi connectivity index (χ3n) is 2.75. The van der Waals surface area contributed by atoms with Crippen molar-refractivity contribution in [2.75, 3.05) is 6.54 Å². The molecule has 1 rings (SSSR count). The fraction of sp³-hybridized carbons (Fsp3) is 0.462. The standard InChI is InChI=1S/C13H21N3O/c1-11(2)16(9-8-13(17)15-14)10-12-6-4-3-5-7-12/h3-7,11H,8-10,14H2,1-2H3,(H,15,17). The minimum Gasteiger partial charge on any atom is -0.296 e. The minimum atomic E-state index is -0.122. The van der Waals surface area contributed by atoms with Gasteiger partial charge in [-0.15, -0.1) is 0 Å². The summed E-state index contributed by atoms with van der Waals surface area (Å²) in [5.74, 6) is 4.95. The van der Waals surface area contributed by atoms with Gasteiger partial charge in [0.15, 0.2) is 0 Å². The number of hydrogen-bond acceptors (Lipinski definition) is 3. The Kier molecular flexibility index (Phi) is 5.66. The van der Waals surface area contributed by atoms with E-state index in [-0.39, 0.29) is 5.91 Å². The van der Waals surface area contributed by atoms with E-state index in [4.69, 9.17) is 5.84 Å². The quantitative estimate of drug-likeness (QED) is 0.443. The summed E-state index contributed by atoms with van der Waals surface area (Å²) in [5.41, 5.74) is 3.42. The maximum atomic E-state index is 11.1. The number of rotatable bonds is 6. The highest BCUT2D eigenvalue weighted by atomic mass is 16.2. The Morgan fingerprint density at radius 2 is 2.00 bits per heavy atom. The van der Waals surface area contributed by atoms with E-state index in [1.54, 1.807) is 0 Å². The minimum absolute atomic E-state index is 0.122. The number of hydrogen-bond donors (Lipinski definition) is 2. The van der Waals surface area contributed by atoms with Crippen LogP contribution in [0.2, 0.25) is 0 Å². The maximum Gasteiger partial charge on any atom is 0.235 e. The van der Waals surface area contributed by atoms with Gasteiger partial charge in [-0.1, -0.05) is 30.3 Å². The lowest BCUT2D eigenvalue weighted by molar-refractivity contribution is -0.121. The third kappa shape index (κ3) is 4.97. The van der Waals surface area contributed by atoms with Crippen LogP contribution in [-0.4, -0.2) is 23.4 Å². The number of benzene rings is 1. The number of amides is 1. The van der Waals surface area contributed by atoms with Gasteiger partial charge in [-0.2, -0.15) is 0 Å². The van der Waals surface area contributed by atoms with Gasteiger partial charge in [0.2, 0.25) is 5.91 Å². The molecule has 1 aromatic rings. The molecule has 0 saturated carbocycles. The summed E-state index contributed by atoms with van der Waals surface area (Å²) in [5, 5.41) is 0. The Hall–Kier alpha value is -1.39. The van der Waals surface area contributed by atoms with E-state index >= 15 is 0 Å². The molecule has 0 radical (unpaired) electrons. The van der Waals surface area contributed by atoms with Gasteiger partial charge >= 0.3 is 0 Å². The molecular weight excluding hydrogens is 214 g/mol. The van der Waals surface area contributed by atoms with Crippen LogP contribution in [0.4, 0.5) is 0 Å². The normalized spacial score (nSPS) is 10.9. The first-order valence-corrected chi connectivity index (χ1v) is 5.91. The molecule has 94 valence electrons. The molecule has 0 aliphatic heterocycles. The fourth-order valence-electron chi connectivity index (χ4n) is 1.66. The van der Waals surface area contributed by atoms with Gasteiger partial charge in [-0.05, 0) is 19.4 Å². The summed E-state index contributed by atoms with van der Waals surface area (Å²) in [7, 11) is 0. The van der Waals surface area contributed by atoms with Gasteiger partial charge in [0.1, 0.15) is 0 Å². The molecule has 3 N–H and O–H groups in total. The lowest BCUT2D eigenvalue weighted by Crippen LogP contribution is -2.36. The van der Waals surface area contributed by atoms with Crippen LogP contribution in [-0.2, 0) is 11.3 Å². The van der Waals surface area contributed by atoms with Gasteiger partial charge < -0.3 is 0 Å². The SMILES string of the molecule is CC(C)N(CCC(=O)NN)Cc1ccccc1. The predicted molar refractivity (Wildman–Crippen MR) is 68.9 cm³/mol. The second kappa shape index (κ2) is 7.04. The van der Waals surface area contributed by atoms with Crippen molar-refractivity contribution in [1.29, 1.82) is 0 Å². The molecule has 17 heavy (non-hydrogen) atoms. The van der Waals surface area contributed by atoms with E-state index in [0.717, 1.165) is 13.1 Å². The lowest BCUT2D eigenvalue weighted by Gasteiger charge is -2.26. The average Bonchev–Trinajstić information content (AvgIpc) is 2.34. The molecule has 4 nitrogen and oxygen atoms in total. The molecule has 0 heterocycles. The number of nitrogens with one attached hydrogen (secondary N) is 1. The molecule has 0 fully saturated rings. The smallest absolute Gasteiger partial charge is 0.235 e. The van der Waals surface area contributed by atoms with Gasteiger partial charge in [0.25, 0.3) is 0 Å². The first kappa shape index (κ1) is 13.7. The van der Waals surface area contributed by atoms with Gasteiger partial charge in [0, 0.05) is 25.6 Å². The zero-order chi connectivity index (χ0) is 12.7. The van der Waals surface area contributed by atoms with Crippen molar-refractivity contribution in [2.45, 2.75) is 32.9 Å². The van der Waals surface area contributed by atoms with Crippen LogP contribution in [0.3, 0.4) is 0 Å². The summed E-state index contributed by atoms with van der Waals surface area (Å²) < 4.78 is 0. The van der Waals surface area contributed by atoms with Crippen molar-refractivity contribution in [3.63, 3.8) is 0 Å². The van der Waals surface area contributed by atoms with Crippen LogP contribution in [0.15, 0.2) is 30.3 Å². The summed E-state index contributed by atoms with van der Waals surface area (Å²) in [6, 6.07) is 10.7. The van der Waals surface area contributed by atoms with Crippen LogP contribution in [0.1, 0.15) is 25.8 Å². The first-order valence-electron chi connectivity index (χ1n) is 5.91. The zero-order valence-corrected chi connectivity index (χ0v) is 10.5. The molecule has 0 unspecified atom stereocenters. The van der Waals surface area contributed by atoms with Gasteiger partial charge in [0.05, 0.1) is 0 Å². The molecule has 0 aromatic heterocycles. The van der Waals surface area contributed by atoms with Crippen molar-refractivity contribution in [1.82, 2.24) is 10.3 Å². The zero-order valence-electron chi connectivity index (χ0n) is 10.5. The highest BCUT2D eigenvalue weighted by Gasteiger charge is 2.11. The summed E-state index contributed by atoms with van der Waals surface area (Å²) in [4.78, 5) is 13.4. The summed E-state index contributed by atoms with van der Waals surface area (Å²) in [6.07, 6.45) is 0.432. The predicted octanol–water partition coefficient (Wildman–Crippen LogP) is 1.28. The molecule has 0 aliphatic carbocycles. The van der Waals surface area contributed by atoms with Crippen molar-refractivity contribution in [3.05, 3.63) is 35.9 Å². The Morgan fingerprint density at radius 1 is 1.35 bits per heavy atom. The average molecular weight is 235 g/mol. The van der Waals surface area contributed by atoms with E-state index in [1.807, 2.05) is 18.2 Å². The molecule has 0 spiro atoms. The van der Waals surface area contributed by atoms with Crippen molar-refractivity contribution in [3.8, 4) is 0 Å². The maximum absolute atomic E-state index is 11.1. The highest BCUT2D eigenvalue weighted by Crippen LogP contribution is 2.08. The van der Waals surface area contributed by atoms with Gasteiger partial charge in [-0.25, -0.2) is 5.84 Å². The van der Waals surface area contributed by atoms with Crippen LogP contribution in [0, 0.1) is 0 Å². The topological polar surface area (TPSA) is 58.4 Å². The summed E-state index contributed by atoms with van der Waals surface area (Å²) in [6.45, 7) is 5.83. The second-order valence-corrected chi connectivity index (χ2v) is 4.37. The van der Waals surface area contributed by atoms with Crippen molar-refractivity contribution >= 4 is 5.91 Å². The Labute approximate surface area is 103 Å². The van der Waals surface area contributed by atoms with Crippen LogP contribution >= 0.6 is 0 Å². The van der Waals surface area contributed by atoms with Crippen molar-refractivity contribution < 1.29 is 4.79 Å². The first-order chi connectivity index (χ1) is 8.13. The van der Waals surface area contributed by atoms with Crippen LogP contribution in [0.5, 0.6) is 0 Å². The molecule has 0 saturated heterocycles. The van der Waals surface area contributed by atoms with E-state index in [0.29, 0.717) is 12.5 Å². The molecule has 1 amide bonds. The van der Waals surface area contributed by atoms with Crippen molar-refractivity contribution in [2.24, 2.45) is 5.84 Å². The van der Waals surface area contributed by atoms with E-state index in [9.17, 15) is 4.79 Å². The number of carbonyl (C=O) groups is 1. The Morgan fingerprint density at radius 3 is 2.53 bits per heavy atom. The molecule has 4 heteroatoms. The molecule has 0 aliphatic rings. The van der Waals surface area contributed by atoms with Crippen LogP contribution in [0.25, 0.3) is 0 Å². The largest absolute Gasteiger partial charge is 0.296 e. The number of nitrogens with zero attached hydrogens (tertiary/aromatic N) is 1. The van der Waals surface area contributed by atoms with Gasteiger partial charge in [-0.3, -0.25) is 15.1 Å². The van der Waals surface area contributed by atoms with Crippen LogP contribution < -0.4 is 11.3 Å². The summed E-state index contributed by atoms with van der Waals surface area (Å²) >= 11 is 0. The fourth-order valence-corrected chi connectivity index (χ4v) is 1.66. The molecule has 0 bridgehead atoms. The molecule has 1 aromatic carbocycles. The van der Waals surface area contributed by atoms with E-state index in [2.05, 4.69) is 36.3 Å². The third-order valence-corrected chi connectivity index (χ3v) is 2.75. The number of carbonyl (C=O) groups excluding carboxylic acids is 1. The lowest BCUT2D eigenvalue weighted by atomic mass is 10.2. The highest BCUT2D eigenvalue weighted by molar-refractivity contribution is 5.75. The van der Waals surface area contributed by atoms with E-state index < -0.39 is 0 Å². The monoisotopic (exact) mass is 235 g/mol. The Bertz CT molecular complexity index is 338. The molecular formula is C13H21N3O. The Balaban J connectivity index is 2.52. The number of hydrazine groups is 1. The van der Waals surface area contributed by atoms with E-state index in [1.165, 1.54) is 5.56 Å². The second-order valence-electron chi connectivity index (χ2n) is 4.37.